The van der Waals surface area contributed by atoms with Crippen molar-refractivity contribution in [1.29, 1.82) is 0 Å². The zero-order valence-corrected chi connectivity index (χ0v) is 11.8. The largest absolute Gasteiger partial charge is 0.370 e. The van der Waals surface area contributed by atoms with Gasteiger partial charge in [0, 0.05) is 29.9 Å². The predicted molar refractivity (Wildman–Crippen MR) is 80.0 cm³/mol. The Morgan fingerprint density at radius 3 is 2.47 bits per heavy atom. The molecule has 0 radical (unpaired) electrons. The number of ketones is 1. The third-order valence-electron chi connectivity index (χ3n) is 2.99. The summed E-state index contributed by atoms with van der Waals surface area (Å²) in [5, 5.41) is 0.586. The molecule has 2 aromatic rings. The summed E-state index contributed by atoms with van der Waals surface area (Å²) in [7, 11) is 1.99. The van der Waals surface area contributed by atoms with Crippen molar-refractivity contribution in [2.24, 2.45) is 0 Å². The topological polar surface area (TPSA) is 20.3 Å². The molecule has 0 fully saturated rings. The Hall–Kier alpha value is -1.80. The van der Waals surface area contributed by atoms with Crippen molar-refractivity contribution in [2.45, 2.75) is 13.5 Å². The third kappa shape index (κ3) is 3.58. The fourth-order valence-corrected chi connectivity index (χ4v) is 2.18. The summed E-state index contributed by atoms with van der Waals surface area (Å²) >= 11 is 6.06. The minimum atomic E-state index is 0.0249. The highest BCUT2D eigenvalue weighted by atomic mass is 35.5. The van der Waals surface area contributed by atoms with Crippen molar-refractivity contribution in [1.82, 2.24) is 0 Å². The molecule has 0 heterocycles. The molecule has 0 aliphatic rings. The van der Waals surface area contributed by atoms with Crippen LogP contribution in [0.15, 0.2) is 48.5 Å². The molecule has 19 heavy (non-hydrogen) atoms. The number of nitrogens with zero attached hydrogens (tertiary/aromatic N) is 1. The van der Waals surface area contributed by atoms with E-state index in [9.17, 15) is 4.79 Å². The van der Waals surface area contributed by atoms with Crippen molar-refractivity contribution in [3.8, 4) is 0 Å². The molecule has 98 valence electrons. The van der Waals surface area contributed by atoms with Gasteiger partial charge in [-0.05, 0) is 30.7 Å². The average Bonchev–Trinajstić information content (AvgIpc) is 2.39. The number of hydrogen-bond donors (Lipinski definition) is 0. The van der Waals surface area contributed by atoms with Crippen LogP contribution in [0.3, 0.4) is 0 Å². The summed E-state index contributed by atoms with van der Waals surface area (Å²) in [5.41, 5.74) is 2.80. The van der Waals surface area contributed by atoms with Gasteiger partial charge >= 0.3 is 0 Å². The molecule has 2 nitrogen and oxygen atoms in total. The van der Waals surface area contributed by atoms with Crippen LogP contribution in [-0.2, 0) is 6.54 Å². The van der Waals surface area contributed by atoms with Crippen molar-refractivity contribution < 1.29 is 4.79 Å². The van der Waals surface area contributed by atoms with Gasteiger partial charge in [0.2, 0.25) is 0 Å². The fourth-order valence-electron chi connectivity index (χ4n) is 1.95. The van der Waals surface area contributed by atoms with Gasteiger partial charge in [0.15, 0.2) is 5.78 Å². The Morgan fingerprint density at radius 2 is 1.84 bits per heavy atom. The molecule has 0 spiro atoms. The van der Waals surface area contributed by atoms with Gasteiger partial charge in [-0.1, -0.05) is 41.9 Å². The summed E-state index contributed by atoms with van der Waals surface area (Å²) in [6.45, 7) is 2.32. The molecule has 2 aromatic carbocycles. The number of hydrogen-bond acceptors (Lipinski definition) is 2. The number of anilines is 1. The molecule has 0 atom stereocenters. The van der Waals surface area contributed by atoms with Gasteiger partial charge < -0.3 is 4.90 Å². The van der Waals surface area contributed by atoms with Crippen LogP contribution in [0.2, 0.25) is 5.02 Å². The van der Waals surface area contributed by atoms with Crippen molar-refractivity contribution in [3.05, 3.63) is 64.7 Å². The minimum absolute atomic E-state index is 0.0249. The maximum absolute atomic E-state index is 11.5. The second-order valence-electron chi connectivity index (χ2n) is 4.60. The normalized spacial score (nSPS) is 10.3. The molecule has 3 heteroatoms. The van der Waals surface area contributed by atoms with Crippen LogP contribution < -0.4 is 4.90 Å². The van der Waals surface area contributed by atoms with E-state index in [1.54, 1.807) is 13.0 Å². The van der Waals surface area contributed by atoms with E-state index in [2.05, 4.69) is 17.0 Å². The molecule has 0 N–H and O–H groups in total. The molecule has 2 rings (SSSR count). The smallest absolute Gasteiger partial charge is 0.159 e. The lowest BCUT2D eigenvalue weighted by atomic mass is 10.1. The van der Waals surface area contributed by atoms with Crippen LogP contribution in [0.25, 0.3) is 0 Å². The summed E-state index contributed by atoms with van der Waals surface area (Å²) < 4.78 is 0. The zero-order valence-electron chi connectivity index (χ0n) is 11.1. The summed E-state index contributed by atoms with van der Waals surface area (Å²) in [6, 6.07) is 15.6. The predicted octanol–water partition coefficient (Wildman–Crippen LogP) is 4.18. The molecular weight excluding hydrogens is 258 g/mol. The molecule has 0 aliphatic heterocycles. The van der Waals surface area contributed by atoms with Gasteiger partial charge in [0.1, 0.15) is 0 Å². The Bertz CT molecular complexity index is 581. The van der Waals surface area contributed by atoms with E-state index in [1.807, 2.05) is 37.4 Å². The SMILES string of the molecule is CC(=O)c1cc(Cl)cc(N(C)Cc2ccccc2)c1. The Labute approximate surface area is 118 Å². The van der Waals surface area contributed by atoms with Gasteiger partial charge in [0.05, 0.1) is 0 Å². The highest BCUT2D eigenvalue weighted by molar-refractivity contribution is 6.31. The van der Waals surface area contributed by atoms with Crippen molar-refractivity contribution >= 4 is 23.1 Å². The Morgan fingerprint density at radius 1 is 1.16 bits per heavy atom. The lowest BCUT2D eigenvalue weighted by Gasteiger charge is -2.20. The molecule has 0 unspecified atom stereocenters. The first-order valence-corrected chi connectivity index (χ1v) is 6.50. The first-order valence-electron chi connectivity index (χ1n) is 6.13. The summed E-state index contributed by atoms with van der Waals surface area (Å²) in [5.74, 6) is 0.0249. The fraction of sp³-hybridized carbons (Fsp3) is 0.188. The van der Waals surface area contributed by atoms with Crippen LogP contribution in [-0.4, -0.2) is 12.8 Å². The monoisotopic (exact) mass is 273 g/mol. The van der Waals surface area contributed by atoms with E-state index in [4.69, 9.17) is 11.6 Å². The van der Waals surface area contributed by atoms with Crippen molar-refractivity contribution in [2.75, 3.05) is 11.9 Å². The molecule has 0 saturated heterocycles. The van der Waals surface area contributed by atoms with Crippen LogP contribution in [0.4, 0.5) is 5.69 Å². The van der Waals surface area contributed by atoms with Gasteiger partial charge in [-0.2, -0.15) is 0 Å². The number of carbonyl (C=O) groups is 1. The lowest BCUT2D eigenvalue weighted by Crippen LogP contribution is -2.16. The number of carbonyl (C=O) groups excluding carboxylic acids is 1. The van der Waals surface area contributed by atoms with Crippen molar-refractivity contribution in [3.63, 3.8) is 0 Å². The molecule has 0 aliphatic carbocycles. The van der Waals surface area contributed by atoms with Gasteiger partial charge in [0.25, 0.3) is 0 Å². The molecule has 0 amide bonds. The van der Waals surface area contributed by atoms with E-state index in [0.29, 0.717) is 10.6 Å². The zero-order chi connectivity index (χ0) is 13.8. The standard InChI is InChI=1S/C16H16ClNO/c1-12(19)14-8-15(17)10-16(9-14)18(2)11-13-6-4-3-5-7-13/h3-10H,11H2,1-2H3. The van der Waals surface area contributed by atoms with E-state index in [1.165, 1.54) is 5.56 Å². The van der Waals surface area contributed by atoms with E-state index in [-0.39, 0.29) is 5.78 Å². The van der Waals surface area contributed by atoms with Crippen LogP contribution in [0, 0.1) is 0 Å². The maximum atomic E-state index is 11.5. The highest BCUT2D eigenvalue weighted by Crippen LogP contribution is 2.23. The molecular formula is C16H16ClNO. The lowest BCUT2D eigenvalue weighted by molar-refractivity contribution is 0.101. The van der Waals surface area contributed by atoms with Crippen LogP contribution >= 0.6 is 11.6 Å². The third-order valence-corrected chi connectivity index (χ3v) is 3.21. The molecule has 0 saturated carbocycles. The Balaban J connectivity index is 2.24. The van der Waals surface area contributed by atoms with E-state index in [0.717, 1.165) is 12.2 Å². The van der Waals surface area contributed by atoms with Gasteiger partial charge in [-0.3, -0.25) is 4.79 Å². The summed E-state index contributed by atoms with van der Waals surface area (Å²) in [4.78, 5) is 13.5. The quantitative estimate of drug-likeness (QED) is 0.779. The number of benzene rings is 2. The molecule has 0 bridgehead atoms. The minimum Gasteiger partial charge on any atom is -0.370 e. The number of halogens is 1. The average molecular weight is 274 g/mol. The summed E-state index contributed by atoms with van der Waals surface area (Å²) in [6.07, 6.45) is 0. The first-order chi connectivity index (χ1) is 9.06. The van der Waals surface area contributed by atoms with Gasteiger partial charge in [-0.15, -0.1) is 0 Å². The first kappa shape index (κ1) is 13.6. The second kappa shape index (κ2) is 5.89. The maximum Gasteiger partial charge on any atom is 0.159 e. The van der Waals surface area contributed by atoms with E-state index < -0.39 is 0 Å². The second-order valence-corrected chi connectivity index (χ2v) is 5.03. The highest BCUT2D eigenvalue weighted by Gasteiger charge is 2.07. The van der Waals surface area contributed by atoms with Crippen LogP contribution in [0.5, 0.6) is 0 Å². The Kier molecular flexibility index (Phi) is 4.23. The number of Topliss-reactive ketones (excluding diaryl/α,β-unsaturated/α-hetero) is 1. The molecule has 0 aromatic heterocycles. The number of rotatable bonds is 4. The van der Waals surface area contributed by atoms with Crippen LogP contribution in [0.1, 0.15) is 22.8 Å². The van der Waals surface area contributed by atoms with E-state index >= 15 is 0 Å². The van der Waals surface area contributed by atoms with Gasteiger partial charge in [-0.25, -0.2) is 0 Å².